The van der Waals surface area contributed by atoms with Crippen LogP contribution < -0.4 is 10.6 Å². The Morgan fingerprint density at radius 2 is 2.13 bits per heavy atom. The van der Waals surface area contributed by atoms with Gasteiger partial charge in [0.25, 0.3) is 0 Å². The summed E-state index contributed by atoms with van der Waals surface area (Å²) in [5.41, 5.74) is 10.6. The molecule has 1 fully saturated rings. The van der Waals surface area contributed by atoms with Gasteiger partial charge in [0.15, 0.2) is 11.5 Å². The van der Waals surface area contributed by atoms with Gasteiger partial charge < -0.3 is 20.7 Å². The van der Waals surface area contributed by atoms with Gasteiger partial charge in [-0.05, 0) is 31.7 Å². The second kappa shape index (κ2) is 7.78. The SMILES string of the molecule is CN(c1nc2[nH]cc(-c3ccc4nn(C)cc4c3Cl)c2nc1CO)[C@@H]1CCC[C@@H](N)C1. The van der Waals surface area contributed by atoms with E-state index in [4.69, 9.17) is 27.3 Å². The van der Waals surface area contributed by atoms with Crippen LogP contribution in [0.4, 0.5) is 5.82 Å². The van der Waals surface area contributed by atoms with E-state index in [2.05, 4.69) is 15.0 Å². The molecule has 8 nitrogen and oxygen atoms in total. The third-order valence-corrected chi connectivity index (χ3v) is 6.71. The molecule has 5 rings (SSSR count). The normalized spacial score (nSPS) is 19.4. The molecule has 0 spiro atoms. The van der Waals surface area contributed by atoms with Crippen LogP contribution in [0, 0.1) is 0 Å². The summed E-state index contributed by atoms with van der Waals surface area (Å²) >= 11 is 6.73. The molecule has 1 aliphatic carbocycles. The van der Waals surface area contributed by atoms with Gasteiger partial charge in [-0.15, -0.1) is 0 Å². The maximum Gasteiger partial charge on any atom is 0.159 e. The number of nitrogens with two attached hydrogens (primary N) is 1. The maximum atomic E-state index is 10.1. The molecule has 1 aliphatic rings. The van der Waals surface area contributed by atoms with Crippen LogP contribution in [-0.4, -0.2) is 49.0 Å². The number of anilines is 1. The van der Waals surface area contributed by atoms with Crippen molar-refractivity contribution >= 4 is 39.5 Å². The van der Waals surface area contributed by atoms with Crippen LogP contribution in [-0.2, 0) is 13.7 Å². The predicted molar refractivity (Wildman–Crippen MR) is 123 cm³/mol. The Kier molecular flexibility index (Phi) is 5.08. The van der Waals surface area contributed by atoms with Gasteiger partial charge in [-0.2, -0.15) is 5.10 Å². The van der Waals surface area contributed by atoms with E-state index in [1.807, 2.05) is 38.6 Å². The fraction of sp³-hybridized carbons (Fsp3) is 0.409. The van der Waals surface area contributed by atoms with Crippen LogP contribution >= 0.6 is 11.6 Å². The van der Waals surface area contributed by atoms with Crippen molar-refractivity contribution in [3.8, 4) is 11.1 Å². The van der Waals surface area contributed by atoms with E-state index in [9.17, 15) is 5.11 Å². The van der Waals surface area contributed by atoms with E-state index >= 15 is 0 Å². The molecule has 31 heavy (non-hydrogen) atoms. The molecular weight excluding hydrogens is 414 g/mol. The molecule has 3 heterocycles. The second-order valence-corrected chi connectivity index (χ2v) is 8.78. The quantitative estimate of drug-likeness (QED) is 0.450. The van der Waals surface area contributed by atoms with Gasteiger partial charge in [-0.25, -0.2) is 9.97 Å². The highest BCUT2D eigenvalue weighted by atomic mass is 35.5. The van der Waals surface area contributed by atoms with E-state index in [0.717, 1.165) is 47.7 Å². The monoisotopic (exact) mass is 439 g/mol. The van der Waals surface area contributed by atoms with Crippen LogP contribution in [0.5, 0.6) is 0 Å². The Morgan fingerprint density at radius 1 is 1.29 bits per heavy atom. The molecule has 162 valence electrons. The number of H-pyrrole nitrogens is 1. The first-order valence-electron chi connectivity index (χ1n) is 10.6. The zero-order chi connectivity index (χ0) is 21.7. The minimum absolute atomic E-state index is 0.193. The molecule has 0 bridgehead atoms. The molecule has 1 aromatic carbocycles. The summed E-state index contributed by atoms with van der Waals surface area (Å²) in [7, 11) is 3.88. The molecule has 0 saturated heterocycles. The molecule has 0 radical (unpaired) electrons. The Labute approximate surface area is 185 Å². The summed E-state index contributed by atoms with van der Waals surface area (Å²) in [6, 6.07) is 4.39. The van der Waals surface area contributed by atoms with Crippen molar-refractivity contribution in [3.63, 3.8) is 0 Å². The number of aryl methyl sites for hydroxylation is 1. The van der Waals surface area contributed by atoms with Crippen molar-refractivity contribution in [2.75, 3.05) is 11.9 Å². The summed E-state index contributed by atoms with van der Waals surface area (Å²) in [6.45, 7) is -0.193. The fourth-order valence-corrected chi connectivity index (χ4v) is 4.97. The van der Waals surface area contributed by atoms with Crippen LogP contribution in [0.15, 0.2) is 24.5 Å². The summed E-state index contributed by atoms with van der Waals surface area (Å²) in [5.74, 6) is 0.691. The minimum Gasteiger partial charge on any atom is -0.390 e. The Hall–Kier alpha value is -2.68. The van der Waals surface area contributed by atoms with Gasteiger partial charge in [0, 0.05) is 55.1 Å². The molecule has 0 amide bonds. The third-order valence-electron chi connectivity index (χ3n) is 6.30. The van der Waals surface area contributed by atoms with Crippen molar-refractivity contribution in [2.45, 2.75) is 44.4 Å². The maximum absolute atomic E-state index is 10.1. The largest absolute Gasteiger partial charge is 0.390 e. The molecule has 0 aliphatic heterocycles. The molecule has 3 aromatic heterocycles. The van der Waals surface area contributed by atoms with E-state index < -0.39 is 0 Å². The number of aromatic amines is 1. The third kappa shape index (κ3) is 3.44. The van der Waals surface area contributed by atoms with Crippen LogP contribution in [0.2, 0.25) is 5.02 Å². The van der Waals surface area contributed by atoms with Crippen LogP contribution in [0.1, 0.15) is 31.4 Å². The van der Waals surface area contributed by atoms with Gasteiger partial charge in [0.2, 0.25) is 0 Å². The lowest BCUT2D eigenvalue weighted by Crippen LogP contribution is -2.41. The molecule has 1 saturated carbocycles. The number of aliphatic hydroxyl groups is 1. The zero-order valence-electron chi connectivity index (χ0n) is 17.6. The summed E-state index contributed by atoms with van der Waals surface area (Å²) in [6.07, 6.45) is 7.91. The Bertz CT molecular complexity index is 1260. The van der Waals surface area contributed by atoms with Crippen molar-refractivity contribution in [2.24, 2.45) is 12.8 Å². The van der Waals surface area contributed by atoms with Crippen molar-refractivity contribution in [3.05, 3.63) is 35.2 Å². The number of aliphatic hydroxyl groups excluding tert-OH is 1. The molecule has 0 unspecified atom stereocenters. The highest BCUT2D eigenvalue weighted by molar-refractivity contribution is 6.38. The lowest BCUT2D eigenvalue weighted by molar-refractivity contribution is 0.276. The highest BCUT2D eigenvalue weighted by Gasteiger charge is 2.26. The van der Waals surface area contributed by atoms with E-state index in [1.54, 1.807) is 4.68 Å². The van der Waals surface area contributed by atoms with Crippen LogP contribution in [0.25, 0.3) is 33.2 Å². The standard InChI is InChI=1S/C22H26ClN7O/c1-29-10-16-17(28-29)7-6-14(19(16)23)15-9-25-21-20(15)26-18(11-31)22(27-21)30(2)13-5-3-4-12(24)8-13/h6-7,9-10,12-13,31H,3-5,8,11,24H2,1-2H3,(H,25,27)/t12-,13-/m1/s1. The fourth-order valence-electron chi connectivity index (χ4n) is 4.66. The summed E-state index contributed by atoms with van der Waals surface area (Å²) < 4.78 is 1.75. The number of fused-ring (bicyclic) bond motifs is 2. The number of hydrogen-bond acceptors (Lipinski definition) is 6. The van der Waals surface area contributed by atoms with Gasteiger partial charge in [0.1, 0.15) is 11.2 Å². The molecule has 9 heteroatoms. The number of nitrogens with one attached hydrogen (secondary N) is 1. The number of benzene rings is 1. The highest BCUT2D eigenvalue weighted by Crippen LogP contribution is 2.37. The lowest BCUT2D eigenvalue weighted by atomic mass is 9.91. The second-order valence-electron chi connectivity index (χ2n) is 8.41. The smallest absolute Gasteiger partial charge is 0.159 e. The predicted octanol–water partition coefficient (Wildman–Crippen LogP) is 3.36. The Balaban J connectivity index is 1.59. The first kappa shape index (κ1) is 20.2. The number of aromatic nitrogens is 5. The number of halogens is 1. The van der Waals surface area contributed by atoms with E-state index in [-0.39, 0.29) is 18.7 Å². The number of hydrogen-bond donors (Lipinski definition) is 3. The topological polar surface area (TPSA) is 109 Å². The number of nitrogens with zero attached hydrogens (tertiary/aromatic N) is 5. The van der Waals surface area contributed by atoms with E-state index in [1.165, 1.54) is 0 Å². The average molecular weight is 440 g/mol. The van der Waals surface area contributed by atoms with Gasteiger partial charge in [0.05, 0.1) is 17.1 Å². The number of rotatable bonds is 4. The first-order valence-corrected chi connectivity index (χ1v) is 10.9. The van der Waals surface area contributed by atoms with Gasteiger partial charge in [-0.3, -0.25) is 4.68 Å². The van der Waals surface area contributed by atoms with Gasteiger partial charge >= 0.3 is 0 Å². The Morgan fingerprint density at radius 3 is 2.90 bits per heavy atom. The molecule has 2 atom stereocenters. The molecule has 4 aromatic rings. The van der Waals surface area contributed by atoms with Crippen molar-refractivity contribution < 1.29 is 5.11 Å². The van der Waals surface area contributed by atoms with Crippen molar-refractivity contribution in [1.82, 2.24) is 24.7 Å². The minimum atomic E-state index is -0.193. The zero-order valence-corrected chi connectivity index (χ0v) is 18.4. The molecular formula is C22H26ClN7O. The summed E-state index contributed by atoms with van der Waals surface area (Å²) in [5, 5.41) is 16.0. The van der Waals surface area contributed by atoms with Crippen molar-refractivity contribution in [1.29, 1.82) is 0 Å². The average Bonchev–Trinajstić information content (AvgIpc) is 3.35. The van der Waals surface area contributed by atoms with E-state index in [0.29, 0.717) is 27.7 Å². The lowest BCUT2D eigenvalue weighted by Gasteiger charge is -2.35. The van der Waals surface area contributed by atoms with Gasteiger partial charge in [-0.1, -0.05) is 17.7 Å². The summed E-state index contributed by atoms with van der Waals surface area (Å²) in [4.78, 5) is 15.0. The molecule has 4 N–H and O–H groups in total. The first-order chi connectivity index (χ1) is 15.0. The van der Waals surface area contributed by atoms with Crippen LogP contribution in [0.3, 0.4) is 0 Å².